The van der Waals surface area contributed by atoms with Crippen LogP contribution >= 0.6 is 23.5 Å². The van der Waals surface area contributed by atoms with E-state index in [-0.39, 0.29) is 0 Å². The van der Waals surface area contributed by atoms with Gasteiger partial charge in [-0.15, -0.1) is 23.5 Å². The molecule has 8 atom stereocenters. The Balaban J connectivity index is 0.000000792. The summed E-state index contributed by atoms with van der Waals surface area (Å²) < 4.78 is 55.2. The average molecular weight is 2150 g/mol. The van der Waals surface area contributed by atoms with Gasteiger partial charge in [0, 0.05) is 133 Å². The first-order chi connectivity index (χ1) is 68.9. The van der Waals surface area contributed by atoms with Crippen LogP contribution in [0.2, 0.25) is 0 Å². The zero-order valence-corrected chi connectivity index (χ0v) is 107. The molecule has 0 bridgehead atoms. The molecular formula is C122H258N14O6S4. The summed E-state index contributed by atoms with van der Waals surface area (Å²) in [6, 6.07) is 4.46. The van der Waals surface area contributed by atoms with Crippen LogP contribution in [-0.4, -0.2) is 399 Å². The molecule has 13 aliphatic rings. The first-order valence-corrected chi connectivity index (χ1v) is 67.7. The molecule has 0 amide bonds. The van der Waals surface area contributed by atoms with Crippen LogP contribution in [0.1, 0.15) is 395 Å². The normalized spacial score (nSPS) is 24.9. The molecule has 146 heavy (non-hydrogen) atoms. The lowest BCUT2D eigenvalue weighted by Crippen LogP contribution is -2.40. The number of hydrogen-bond donors (Lipinski definition) is 0. The van der Waals surface area contributed by atoms with Gasteiger partial charge in [0.05, 0.1) is 55.0 Å². The molecule has 13 saturated heterocycles. The molecule has 13 rings (SSSR count). The Labute approximate surface area is 922 Å². The largest absolute Gasteiger partial charge is 0.365 e. The van der Waals surface area contributed by atoms with Gasteiger partial charge in [-0.25, -0.2) is 16.8 Å². The molecule has 0 saturated carbocycles. The highest BCUT2D eigenvalue weighted by Gasteiger charge is 2.30. The Morgan fingerprint density at radius 3 is 1.11 bits per heavy atom. The van der Waals surface area contributed by atoms with Crippen LogP contribution in [0, 0.1) is 82.9 Å². The topological polar surface area (TPSA) is 132 Å². The summed E-state index contributed by atoms with van der Waals surface area (Å²) in [5.74, 6) is 17.2. The Morgan fingerprint density at radius 1 is 0.315 bits per heavy atom. The number of sulfone groups is 2. The zero-order chi connectivity index (χ0) is 110. The molecule has 0 N–H and O–H groups in total. The third-order valence-corrected chi connectivity index (χ3v) is 37.0. The summed E-state index contributed by atoms with van der Waals surface area (Å²) in [5, 5.41) is 0.772. The van der Waals surface area contributed by atoms with Gasteiger partial charge in [-0.2, -0.15) is 0 Å². The summed E-state index contributed by atoms with van der Waals surface area (Å²) in [6.07, 6.45) is 37.4. The van der Waals surface area contributed by atoms with Crippen molar-refractivity contribution < 1.29 is 26.3 Å². The molecule has 13 heterocycles. The zero-order valence-electron chi connectivity index (χ0n) is 104. The van der Waals surface area contributed by atoms with Crippen molar-refractivity contribution in [2.24, 2.45) is 82.9 Å². The maximum atomic E-state index is 11.2. The molecule has 0 aromatic carbocycles. The second kappa shape index (κ2) is 85.9. The fourth-order valence-electron chi connectivity index (χ4n) is 20.8. The first-order valence-electron chi connectivity index (χ1n) is 61.8. The van der Waals surface area contributed by atoms with Gasteiger partial charge in [-0.05, 0) is 396 Å². The van der Waals surface area contributed by atoms with Crippen molar-refractivity contribution in [3.63, 3.8) is 0 Å². The van der Waals surface area contributed by atoms with E-state index in [1.807, 2.05) is 0 Å². The molecule has 20 nitrogen and oxygen atoms in total. The minimum absolute atomic E-state index is 0.352. The number of likely N-dealkylation sites (tertiary alicyclic amines) is 6. The molecule has 0 aromatic rings. The highest BCUT2D eigenvalue weighted by atomic mass is 32.2. The predicted octanol–water partition coefficient (Wildman–Crippen LogP) is 25.6. The van der Waals surface area contributed by atoms with E-state index >= 15 is 0 Å². The maximum absolute atomic E-state index is 11.2. The molecule has 13 fully saturated rings. The van der Waals surface area contributed by atoms with E-state index < -0.39 is 19.7 Å². The molecule has 24 heteroatoms. The Kier molecular flexibility index (Phi) is 84.8. The maximum Gasteiger partial charge on any atom is 0.152 e. The highest BCUT2D eigenvalue weighted by molar-refractivity contribution is 8.00. The number of hydrogen-bond acceptors (Lipinski definition) is 22. The van der Waals surface area contributed by atoms with Gasteiger partial charge in [0.15, 0.2) is 19.7 Å². The van der Waals surface area contributed by atoms with E-state index in [4.69, 9.17) is 9.47 Å². The number of likely N-dealkylation sites (N-methyl/N-ethyl adjacent to an activating group) is 1. The summed E-state index contributed by atoms with van der Waals surface area (Å²) in [5.41, 5.74) is 0. The number of rotatable bonds is 40. The van der Waals surface area contributed by atoms with Crippen LogP contribution in [-0.2, 0) is 29.1 Å². The van der Waals surface area contributed by atoms with E-state index in [0.29, 0.717) is 35.2 Å². The van der Waals surface area contributed by atoms with E-state index in [2.05, 4.69) is 335 Å². The average Bonchev–Trinajstić information content (AvgIpc) is 1.51. The van der Waals surface area contributed by atoms with Crippen molar-refractivity contribution >= 4 is 43.2 Å². The van der Waals surface area contributed by atoms with E-state index in [0.717, 1.165) is 185 Å². The lowest BCUT2D eigenvalue weighted by Gasteiger charge is -2.26. The van der Waals surface area contributed by atoms with Gasteiger partial charge in [-0.3, -0.25) is 29.4 Å². The molecule has 0 spiro atoms. The minimum atomic E-state index is -2.70. The fraction of sp³-hybridized carbons (Fsp3) is 1.00. The molecule has 0 radical (unpaired) electrons. The lowest BCUT2D eigenvalue weighted by molar-refractivity contribution is 0.0477. The number of nitrogens with zero attached hydrogens (tertiary/aromatic N) is 14. The van der Waals surface area contributed by atoms with Crippen molar-refractivity contribution in [2.45, 2.75) is 437 Å². The van der Waals surface area contributed by atoms with E-state index in [1.165, 1.54) is 328 Å². The van der Waals surface area contributed by atoms with Crippen LogP contribution in [0.5, 0.6) is 0 Å². The van der Waals surface area contributed by atoms with Gasteiger partial charge in [-0.1, -0.05) is 201 Å². The second-order valence-electron chi connectivity index (χ2n) is 52.0. The quantitative estimate of drug-likeness (QED) is 0.0576. The number of thioether (sulfide) groups is 2. The molecular weight excluding hydrogens is 1890 g/mol. The summed E-state index contributed by atoms with van der Waals surface area (Å²) in [6.45, 7) is 110. The van der Waals surface area contributed by atoms with Crippen LogP contribution in [0.3, 0.4) is 0 Å². The molecule has 13 aliphatic heterocycles. The second-order valence-corrected chi connectivity index (χ2v) is 59.1. The van der Waals surface area contributed by atoms with Crippen LogP contribution < -0.4 is 0 Å². The fourth-order valence-corrected chi connectivity index (χ4v) is 25.4. The van der Waals surface area contributed by atoms with Gasteiger partial charge in [0.2, 0.25) is 0 Å². The predicted molar refractivity (Wildman–Crippen MR) is 650 cm³/mol. The van der Waals surface area contributed by atoms with Crippen molar-refractivity contribution in [1.29, 1.82) is 0 Å². The van der Waals surface area contributed by atoms with Crippen molar-refractivity contribution in [3.05, 3.63) is 0 Å². The molecule has 0 aromatic heterocycles. The van der Waals surface area contributed by atoms with Gasteiger partial charge < -0.3 is 48.7 Å². The molecule has 8 unspecified atom stereocenters. The minimum Gasteiger partial charge on any atom is -0.365 e. The third-order valence-electron chi connectivity index (χ3n) is 31.6. The monoisotopic (exact) mass is 2140 g/mol. The van der Waals surface area contributed by atoms with Gasteiger partial charge >= 0.3 is 0 Å². The van der Waals surface area contributed by atoms with Crippen LogP contribution in [0.15, 0.2) is 0 Å². The molecule has 0 aliphatic carbocycles. The Hall–Kier alpha value is -0.0400. The standard InChI is InChI=1S/C11H23N.C10H21NO2S.4C10H21N.C9H20N2.C9H19NO2S.C9H19NO.C9H19NS.C9H19N.C8H17NO.C8H17NS/c1-4-12-9-5-6-11(12)8-7-10(2)3;1-10(2)4-3-5-11-6-8-14(12,13)9-7-11;1-9(2)4-6-11-7-5-10(3)8-11;1-9(2)6-7-10-5-4-8-11(10)3;1-9(2)6-8-11-7-4-5-10(11)3;1-4-11-7-5-6-10(11)8-9(2)3;1-9(2)4-5-11-7-6-10(3)8-11;1-9(2)3-4-10-5-7-13(11,12)8-6-10;2*1-8(2)4-5-10-6-7-11-9(10)3;1-8(2)7-9-5-4-6-10(9)3;2*1-8(2)3-4-9-5-6-10-7-9/h10-11H,4-9H2,1-3H3;10H,3-9H2,1-2H3;4*9-10H,4-8H2,1-3H3;9H,4-8H2,1-3H3;9H,3-8H2,1-2H3;2*8-9H,4-7H2,1-3H3;8-9H,4-7H2,1-3H3;2*8H,3-7H2,1-2H3. The third kappa shape index (κ3) is 78.2. The number of ether oxygens (including phenoxy) is 2. The lowest BCUT2D eigenvalue weighted by atomic mass is 10.0. The SMILES string of the molecule is CC(C)CC1CCCN1C.CC(C)CCC1CCCN1C.CC(C)CCCN1CCS(=O)(=O)CC1.CC(C)CCN1CCC(C)C1.CC(C)CCN1CCCC1C.CC(C)CCN1CCN(C)C1.CC(C)CCN1CCOC1.CC(C)CCN1CCOC1C.CC(C)CCN1CCS(=O)(=O)CC1.CC(C)CCN1CCSC1.CC(C)CCN1CCSC1C.CCN1CCCC1CC(C)C.CCN1CCCC1CCC(C)C. The van der Waals surface area contributed by atoms with Crippen molar-refractivity contribution in [1.82, 2.24) is 68.6 Å². The van der Waals surface area contributed by atoms with Gasteiger partial charge in [0.1, 0.15) is 6.23 Å². The van der Waals surface area contributed by atoms with Crippen molar-refractivity contribution in [3.8, 4) is 0 Å². The van der Waals surface area contributed by atoms with Crippen molar-refractivity contribution in [2.75, 3.05) is 271 Å². The highest BCUT2D eigenvalue weighted by Crippen LogP contribution is 2.29. The summed E-state index contributed by atoms with van der Waals surface area (Å²) in [7, 11) is 1.31. The molecule has 876 valence electrons. The summed E-state index contributed by atoms with van der Waals surface area (Å²) >= 11 is 4.14. The van der Waals surface area contributed by atoms with E-state index in [9.17, 15) is 16.8 Å². The van der Waals surface area contributed by atoms with E-state index in [1.54, 1.807) is 0 Å². The Bertz CT molecular complexity index is 2990. The van der Waals surface area contributed by atoms with Crippen LogP contribution in [0.4, 0.5) is 0 Å². The van der Waals surface area contributed by atoms with Crippen LogP contribution in [0.25, 0.3) is 0 Å². The Morgan fingerprint density at radius 2 is 0.719 bits per heavy atom. The smallest absolute Gasteiger partial charge is 0.152 e. The summed E-state index contributed by atoms with van der Waals surface area (Å²) in [4.78, 5) is 34.8. The first kappa shape index (κ1) is 144. The van der Waals surface area contributed by atoms with Gasteiger partial charge in [0.25, 0.3) is 0 Å².